The number of rotatable bonds is 10. The van der Waals surface area contributed by atoms with E-state index in [4.69, 9.17) is 30.0 Å². The number of aromatic amines is 1. The molecule has 0 bridgehead atoms. The molecule has 5 N–H and O–H groups in total. The number of nitrogens with two attached hydrogens (primary N) is 1. The molecule has 2 unspecified atom stereocenters. The van der Waals surface area contributed by atoms with E-state index in [0.717, 1.165) is 0 Å². The smallest absolute Gasteiger partial charge is 0.163 e. The Hall–Kier alpha value is -3.99. The zero-order valence-electron chi connectivity index (χ0n) is 22.6. The summed E-state index contributed by atoms with van der Waals surface area (Å²) in [5.74, 6) is 0.679. The van der Waals surface area contributed by atoms with Gasteiger partial charge in [0.25, 0.3) is 0 Å². The fraction of sp³-hybridized carbons (Fsp3) is 0.333. The van der Waals surface area contributed by atoms with Gasteiger partial charge in [0.15, 0.2) is 23.0 Å². The summed E-state index contributed by atoms with van der Waals surface area (Å²) in [6.07, 6.45) is 1.76. The molecule has 4 aromatic rings. The lowest BCUT2D eigenvalue weighted by atomic mass is 9.88. The van der Waals surface area contributed by atoms with Gasteiger partial charge in [0.05, 0.1) is 30.5 Å². The minimum Gasteiger partial charge on any atom is -0.493 e. The van der Waals surface area contributed by atoms with Crippen LogP contribution in [0.5, 0.6) is 17.2 Å². The van der Waals surface area contributed by atoms with Crippen molar-refractivity contribution in [3.63, 3.8) is 0 Å². The molecule has 0 saturated carbocycles. The van der Waals surface area contributed by atoms with Crippen molar-refractivity contribution in [2.75, 3.05) is 26.9 Å². The van der Waals surface area contributed by atoms with Crippen molar-refractivity contribution < 1.29 is 33.6 Å². The fourth-order valence-corrected chi connectivity index (χ4v) is 4.92. The second kappa shape index (κ2) is 10.5. The third-order valence-electron chi connectivity index (χ3n) is 7.25. The highest BCUT2D eigenvalue weighted by atomic mass is 19.1. The number of carbonyl (C=O) groups excluding carboxylic acids is 1. The molecule has 2 atom stereocenters. The van der Waals surface area contributed by atoms with E-state index in [2.05, 4.69) is 4.98 Å². The number of nitrogens with one attached hydrogen (secondary N) is 1. The highest BCUT2D eigenvalue weighted by Gasteiger charge is 2.38. The Kier molecular flexibility index (Phi) is 7.26. The van der Waals surface area contributed by atoms with Gasteiger partial charge in [-0.25, -0.2) is 9.37 Å². The van der Waals surface area contributed by atoms with E-state index >= 15 is 0 Å². The minimum absolute atomic E-state index is 0.0236. The molecule has 2 aromatic carbocycles. The Balaban J connectivity index is 1.46. The fourth-order valence-electron chi connectivity index (χ4n) is 4.92. The second-order valence-corrected chi connectivity index (χ2v) is 10.4. The average Bonchev–Trinajstić information content (AvgIpc) is 3.51. The molecule has 2 aromatic heterocycles. The number of halogens is 1. The molecule has 10 heteroatoms. The quantitative estimate of drug-likeness (QED) is 0.216. The first-order chi connectivity index (χ1) is 19.1. The van der Waals surface area contributed by atoms with E-state index in [1.807, 2.05) is 6.92 Å². The van der Waals surface area contributed by atoms with Crippen LogP contribution >= 0.6 is 0 Å². The zero-order valence-corrected chi connectivity index (χ0v) is 22.6. The van der Waals surface area contributed by atoms with E-state index in [-0.39, 0.29) is 38.4 Å². The topological polar surface area (TPSA) is 140 Å². The molecule has 40 heavy (non-hydrogen) atoms. The predicted molar refractivity (Wildman–Crippen MR) is 147 cm³/mol. The van der Waals surface area contributed by atoms with Crippen molar-refractivity contribution in [2.24, 2.45) is 5.73 Å². The van der Waals surface area contributed by atoms with Crippen molar-refractivity contribution >= 4 is 16.7 Å². The largest absolute Gasteiger partial charge is 0.493 e. The summed E-state index contributed by atoms with van der Waals surface area (Å²) < 4.78 is 31.1. The van der Waals surface area contributed by atoms with Crippen LogP contribution in [0.25, 0.3) is 22.2 Å². The molecule has 210 valence electrons. The number of para-hydroxylation sites is 1. The van der Waals surface area contributed by atoms with Gasteiger partial charge in [0.1, 0.15) is 30.3 Å². The number of hydrogen-bond acceptors (Lipinski definition) is 8. The number of ketones is 1. The van der Waals surface area contributed by atoms with Crippen molar-refractivity contribution in [2.45, 2.75) is 37.8 Å². The Bertz CT molecular complexity index is 1580. The van der Waals surface area contributed by atoms with Crippen LogP contribution < -0.4 is 19.9 Å². The van der Waals surface area contributed by atoms with Gasteiger partial charge >= 0.3 is 0 Å². The van der Waals surface area contributed by atoms with E-state index in [1.165, 1.54) is 13.2 Å². The Labute approximate surface area is 230 Å². The third-order valence-corrected chi connectivity index (χ3v) is 7.25. The molecule has 0 radical (unpaired) electrons. The van der Waals surface area contributed by atoms with Crippen molar-refractivity contribution in [1.82, 2.24) is 9.97 Å². The van der Waals surface area contributed by atoms with E-state index in [9.17, 15) is 14.3 Å². The van der Waals surface area contributed by atoms with Crippen LogP contribution in [0.2, 0.25) is 0 Å². The first kappa shape index (κ1) is 27.6. The molecule has 9 nitrogen and oxygen atoms in total. The number of aliphatic hydroxyl groups is 2. The van der Waals surface area contributed by atoms with Gasteiger partial charge in [-0.2, -0.15) is 0 Å². The molecule has 3 heterocycles. The lowest BCUT2D eigenvalue weighted by molar-refractivity contribution is 0.0396. The molecule has 1 aliphatic heterocycles. The lowest BCUT2D eigenvalue weighted by Crippen LogP contribution is -2.35. The number of ether oxygens (including phenoxy) is 3. The van der Waals surface area contributed by atoms with Gasteiger partial charge in [-0.15, -0.1) is 0 Å². The molecule has 0 fully saturated rings. The minimum atomic E-state index is -1.50. The summed E-state index contributed by atoms with van der Waals surface area (Å²) in [4.78, 5) is 20.8. The standard InChI is InChI=1S/C30H32FN3O6/c1-29(32)16-40-28-20(29)14-25(34-27(28)19-15-33-26-18(19)5-4-6-21(26)31)30(2,37)10-9-22(36)17-7-8-23(39-12-11-35)24(13-17)38-3/h4-8,13-15,33,35,37H,9-12,16,32H2,1-3H3. The number of aliphatic hydroxyl groups excluding tert-OH is 1. The van der Waals surface area contributed by atoms with Crippen molar-refractivity contribution in [3.05, 3.63) is 71.3 Å². The normalized spacial score (nSPS) is 17.8. The molecule has 0 spiro atoms. The van der Waals surface area contributed by atoms with Gasteiger partial charge in [-0.1, -0.05) is 12.1 Å². The number of fused-ring (bicyclic) bond motifs is 2. The molecular formula is C30H32FN3O6. The van der Waals surface area contributed by atoms with Crippen LogP contribution in [0.3, 0.4) is 0 Å². The van der Waals surface area contributed by atoms with Gasteiger partial charge in [-0.3, -0.25) is 4.79 Å². The zero-order chi connectivity index (χ0) is 28.7. The molecule has 0 amide bonds. The number of hydrogen-bond donors (Lipinski definition) is 4. The van der Waals surface area contributed by atoms with E-state index in [1.54, 1.807) is 49.5 Å². The Morgan fingerprint density at radius 3 is 2.83 bits per heavy atom. The number of methoxy groups -OCH3 is 1. The maximum Gasteiger partial charge on any atom is 0.163 e. The number of aromatic nitrogens is 2. The summed E-state index contributed by atoms with van der Waals surface area (Å²) in [6, 6.07) is 11.3. The highest BCUT2D eigenvalue weighted by molar-refractivity contribution is 5.97. The summed E-state index contributed by atoms with van der Waals surface area (Å²) in [5.41, 5.74) is 7.00. The van der Waals surface area contributed by atoms with Gasteiger partial charge in [0.2, 0.25) is 0 Å². The van der Waals surface area contributed by atoms with Gasteiger partial charge < -0.3 is 35.1 Å². The monoisotopic (exact) mass is 549 g/mol. The molecule has 5 rings (SSSR count). The summed E-state index contributed by atoms with van der Waals surface area (Å²) >= 11 is 0. The third kappa shape index (κ3) is 5.01. The van der Waals surface area contributed by atoms with Crippen LogP contribution in [0.1, 0.15) is 48.3 Å². The van der Waals surface area contributed by atoms with Crippen LogP contribution in [-0.4, -0.2) is 52.9 Å². The number of carbonyl (C=O) groups is 1. The number of nitrogens with zero attached hydrogens (tertiary/aromatic N) is 1. The van der Waals surface area contributed by atoms with Gasteiger partial charge in [-0.05, 0) is 50.6 Å². The Morgan fingerprint density at radius 1 is 1.27 bits per heavy atom. The second-order valence-electron chi connectivity index (χ2n) is 10.4. The van der Waals surface area contributed by atoms with Crippen LogP contribution in [0.4, 0.5) is 4.39 Å². The van der Waals surface area contributed by atoms with E-state index in [0.29, 0.717) is 56.2 Å². The van der Waals surface area contributed by atoms with Crippen LogP contribution in [-0.2, 0) is 11.1 Å². The Morgan fingerprint density at radius 2 is 2.08 bits per heavy atom. The molecule has 1 aliphatic rings. The van der Waals surface area contributed by atoms with E-state index < -0.39 is 17.0 Å². The number of pyridine rings is 1. The number of Topliss-reactive ketones (excluding diaryl/α,β-unsaturated/α-hetero) is 1. The summed E-state index contributed by atoms with van der Waals surface area (Å²) in [6.45, 7) is 3.61. The first-order valence-corrected chi connectivity index (χ1v) is 13.0. The van der Waals surface area contributed by atoms with Crippen LogP contribution in [0.15, 0.2) is 48.7 Å². The van der Waals surface area contributed by atoms with Crippen LogP contribution in [0, 0.1) is 5.82 Å². The maximum atomic E-state index is 14.4. The molecule has 0 saturated heterocycles. The van der Waals surface area contributed by atoms with Crippen molar-refractivity contribution in [3.8, 4) is 28.5 Å². The molecule has 0 aliphatic carbocycles. The number of H-pyrrole nitrogens is 1. The first-order valence-electron chi connectivity index (χ1n) is 13.0. The number of benzene rings is 2. The summed E-state index contributed by atoms with van der Waals surface area (Å²) in [5, 5.41) is 21.2. The average molecular weight is 550 g/mol. The maximum absolute atomic E-state index is 14.4. The van der Waals surface area contributed by atoms with Crippen molar-refractivity contribution in [1.29, 1.82) is 0 Å². The predicted octanol–water partition coefficient (Wildman–Crippen LogP) is 4.19. The molecular weight excluding hydrogens is 517 g/mol. The van der Waals surface area contributed by atoms with Gasteiger partial charge in [0, 0.05) is 34.7 Å². The lowest BCUT2D eigenvalue weighted by Gasteiger charge is -2.25. The SMILES string of the molecule is COc1cc(C(=O)CCC(C)(O)c2cc3c(c(-c4c[nH]c5c(F)cccc45)n2)OCC3(C)N)ccc1OCCO. The highest BCUT2D eigenvalue weighted by Crippen LogP contribution is 2.45. The summed E-state index contributed by atoms with van der Waals surface area (Å²) in [7, 11) is 1.47.